The summed E-state index contributed by atoms with van der Waals surface area (Å²) in [5, 5.41) is 5.66. The van der Waals surface area contributed by atoms with E-state index in [0.29, 0.717) is 12.5 Å². The van der Waals surface area contributed by atoms with Crippen molar-refractivity contribution in [2.24, 2.45) is 5.92 Å². The van der Waals surface area contributed by atoms with Gasteiger partial charge in [-0.3, -0.25) is 4.79 Å². The third-order valence-corrected chi connectivity index (χ3v) is 5.93. The highest BCUT2D eigenvalue weighted by Crippen LogP contribution is 2.29. The molecule has 2 aliphatic rings. The fraction of sp³-hybridized carbons (Fsp3) is 0.412. The molecule has 0 atom stereocenters. The fourth-order valence-corrected chi connectivity index (χ4v) is 4.55. The average molecular weight is 354 g/mol. The van der Waals surface area contributed by atoms with Crippen LogP contribution in [-0.2, 0) is 18.7 Å². The van der Waals surface area contributed by atoms with Crippen molar-refractivity contribution >= 4 is 28.6 Å². The first-order chi connectivity index (χ1) is 12.3. The smallest absolute Gasteiger partial charge is 0.267 e. The van der Waals surface area contributed by atoms with E-state index in [1.54, 1.807) is 17.1 Å². The molecule has 25 heavy (non-hydrogen) atoms. The van der Waals surface area contributed by atoms with Crippen LogP contribution < -0.4 is 10.5 Å². The average Bonchev–Trinajstić information content (AvgIpc) is 3.07. The molecule has 0 amide bonds. The second kappa shape index (κ2) is 5.87. The number of fused-ring (bicyclic) bond motifs is 2. The maximum Gasteiger partial charge on any atom is 0.267 e. The van der Waals surface area contributed by atoms with Crippen molar-refractivity contribution < 1.29 is 0 Å². The van der Waals surface area contributed by atoms with Crippen LogP contribution >= 0.6 is 11.8 Å². The number of hydrogen-bond donors (Lipinski definition) is 1. The van der Waals surface area contributed by atoms with Crippen molar-refractivity contribution in [1.29, 1.82) is 0 Å². The Morgan fingerprint density at radius 3 is 3.16 bits per heavy atom. The van der Waals surface area contributed by atoms with Gasteiger partial charge in [-0.1, -0.05) is 0 Å². The summed E-state index contributed by atoms with van der Waals surface area (Å²) in [4.78, 5) is 26.3. The van der Waals surface area contributed by atoms with Crippen LogP contribution in [0.3, 0.4) is 0 Å². The minimum Gasteiger partial charge on any atom is -0.355 e. The molecule has 3 aromatic rings. The van der Waals surface area contributed by atoms with E-state index in [1.807, 2.05) is 24.0 Å². The molecule has 5 rings (SSSR count). The number of H-pyrrole nitrogens is 1. The number of aryl methyl sites for hydroxylation is 1. The zero-order valence-electron chi connectivity index (χ0n) is 13.7. The Morgan fingerprint density at radius 1 is 1.32 bits per heavy atom. The van der Waals surface area contributed by atoms with E-state index in [2.05, 4.69) is 25.0 Å². The molecule has 1 saturated heterocycles. The molecule has 0 bridgehead atoms. The van der Waals surface area contributed by atoms with E-state index < -0.39 is 0 Å². The van der Waals surface area contributed by atoms with Gasteiger partial charge in [0, 0.05) is 43.4 Å². The molecule has 7 nitrogen and oxygen atoms in total. The minimum absolute atomic E-state index is 0.0229. The molecule has 2 aliphatic heterocycles. The van der Waals surface area contributed by atoms with Gasteiger partial charge >= 0.3 is 0 Å². The quantitative estimate of drug-likeness (QED) is 0.767. The van der Waals surface area contributed by atoms with Gasteiger partial charge in [-0.15, -0.1) is 0 Å². The first-order valence-electron chi connectivity index (χ1n) is 8.48. The van der Waals surface area contributed by atoms with Gasteiger partial charge in [0.25, 0.3) is 5.56 Å². The lowest BCUT2D eigenvalue weighted by molar-refractivity contribution is 0.331. The molecular formula is C17H18N6OS. The van der Waals surface area contributed by atoms with E-state index in [-0.39, 0.29) is 5.56 Å². The highest BCUT2D eigenvalue weighted by Gasteiger charge is 2.30. The second-order valence-electron chi connectivity index (χ2n) is 6.65. The van der Waals surface area contributed by atoms with E-state index in [4.69, 9.17) is 0 Å². The molecule has 8 heteroatoms. The third-order valence-electron chi connectivity index (χ3n) is 4.93. The van der Waals surface area contributed by atoms with Crippen LogP contribution in [0.1, 0.15) is 11.3 Å². The SMILES string of the molecule is O=c1cc2c(nn1CC1CN(c3ncnc4[nH]ccc34)C1)CCSC2. The summed E-state index contributed by atoms with van der Waals surface area (Å²) in [7, 11) is 0. The van der Waals surface area contributed by atoms with E-state index in [0.717, 1.165) is 59.1 Å². The molecule has 3 aromatic heterocycles. The number of aromatic nitrogens is 5. The van der Waals surface area contributed by atoms with Crippen molar-refractivity contribution in [2.45, 2.75) is 18.7 Å². The van der Waals surface area contributed by atoms with Gasteiger partial charge < -0.3 is 9.88 Å². The van der Waals surface area contributed by atoms with E-state index in [9.17, 15) is 4.79 Å². The summed E-state index contributed by atoms with van der Waals surface area (Å²) in [6, 6.07) is 3.78. The predicted molar refractivity (Wildman–Crippen MR) is 98.0 cm³/mol. The van der Waals surface area contributed by atoms with Crippen LogP contribution in [0.5, 0.6) is 0 Å². The van der Waals surface area contributed by atoms with Gasteiger partial charge in [-0.25, -0.2) is 14.6 Å². The summed E-state index contributed by atoms with van der Waals surface area (Å²) in [5.74, 6) is 3.39. The largest absolute Gasteiger partial charge is 0.355 e. The lowest BCUT2D eigenvalue weighted by Crippen LogP contribution is -2.50. The lowest BCUT2D eigenvalue weighted by atomic mass is 10.00. The highest BCUT2D eigenvalue weighted by molar-refractivity contribution is 7.98. The Kier molecular flexibility index (Phi) is 3.51. The van der Waals surface area contributed by atoms with Crippen LogP contribution in [-0.4, -0.2) is 43.6 Å². The zero-order valence-corrected chi connectivity index (χ0v) is 14.5. The maximum absolute atomic E-state index is 12.3. The molecule has 0 unspecified atom stereocenters. The Bertz CT molecular complexity index is 990. The first-order valence-corrected chi connectivity index (χ1v) is 9.64. The van der Waals surface area contributed by atoms with Gasteiger partial charge in [-0.05, 0) is 17.4 Å². The van der Waals surface area contributed by atoms with Crippen molar-refractivity contribution in [3.8, 4) is 0 Å². The molecule has 1 fully saturated rings. The van der Waals surface area contributed by atoms with Gasteiger partial charge in [0.05, 0.1) is 17.6 Å². The summed E-state index contributed by atoms with van der Waals surface area (Å²) in [6.45, 7) is 2.45. The van der Waals surface area contributed by atoms with Crippen LogP contribution in [0.2, 0.25) is 0 Å². The maximum atomic E-state index is 12.3. The number of hydrogen-bond acceptors (Lipinski definition) is 6. The summed E-state index contributed by atoms with van der Waals surface area (Å²) < 4.78 is 1.66. The normalized spacial score (nSPS) is 17.5. The minimum atomic E-state index is 0.0229. The Labute approximate surface area is 148 Å². The van der Waals surface area contributed by atoms with Crippen LogP contribution in [0.4, 0.5) is 5.82 Å². The molecule has 5 heterocycles. The summed E-state index contributed by atoms with van der Waals surface area (Å²) in [5.41, 5.74) is 3.09. The van der Waals surface area contributed by atoms with Crippen LogP contribution in [0.15, 0.2) is 29.5 Å². The Morgan fingerprint density at radius 2 is 2.24 bits per heavy atom. The summed E-state index contributed by atoms with van der Waals surface area (Å²) >= 11 is 1.87. The number of nitrogens with one attached hydrogen (secondary N) is 1. The monoisotopic (exact) mass is 354 g/mol. The first kappa shape index (κ1) is 14.9. The van der Waals surface area contributed by atoms with Gasteiger partial charge in [0.15, 0.2) is 0 Å². The van der Waals surface area contributed by atoms with Crippen LogP contribution in [0, 0.1) is 5.92 Å². The molecule has 128 valence electrons. The van der Waals surface area contributed by atoms with Crippen molar-refractivity contribution in [1.82, 2.24) is 24.7 Å². The van der Waals surface area contributed by atoms with Gasteiger partial charge in [-0.2, -0.15) is 16.9 Å². The van der Waals surface area contributed by atoms with E-state index in [1.165, 1.54) is 0 Å². The van der Waals surface area contributed by atoms with Gasteiger partial charge in [0.2, 0.25) is 0 Å². The molecular weight excluding hydrogens is 336 g/mol. The topological polar surface area (TPSA) is 79.7 Å². The predicted octanol–water partition coefficient (Wildman–Crippen LogP) is 1.44. The third kappa shape index (κ3) is 2.60. The molecule has 1 N–H and O–H groups in total. The van der Waals surface area contributed by atoms with Crippen molar-refractivity contribution in [3.05, 3.63) is 46.3 Å². The highest BCUT2D eigenvalue weighted by atomic mass is 32.2. The van der Waals surface area contributed by atoms with Crippen LogP contribution in [0.25, 0.3) is 11.0 Å². The number of rotatable bonds is 3. The zero-order chi connectivity index (χ0) is 16.8. The number of nitrogens with zero attached hydrogens (tertiary/aromatic N) is 5. The van der Waals surface area contributed by atoms with Crippen molar-refractivity contribution in [3.63, 3.8) is 0 Å². The second-order valence-corrected chi connectivity index (χ2v) is 7.75. The number of thioether (sulfide) groups is 1. The Balaban J connectivity index is 1.32. The molecule has 0 aromatic carbocycles. The lowest BCUT2D eigenvalue weighted by Gasteiger charge is -2.40. The summed E-state index contributed by atoms with van der Waals surface area (Å²) in [6.07, 6.45) is 4.44. The number of anilines is 1. The Hall–Kier alpha value is -2.35. The van der Waals surface area contributed by atoms with E-state index >= 15 is 0 Å². The molecule has 0 aliphatic carbocycles. The molecule has 0 spiro atoms. The molecule has 0 saturated carbocycles. The van der Waals surface area contributed by atoms with Crippen molar-refractivity contribution in [2.75, 3.05) is 23.7 Å². The number of aromatic amines is 1. The standard InChI is InChI=1S/C17H18N6OS/c24-15-5-12-9-25-4-2-14(12)21-23(15)8-11-6-22(7-11)17-13-1-3-18-16(13)19-10-20-17/h1,3,5,10-11H,2,4,6-9H2,(H,18,19,20). The van der Waals surface area contributed by atoms with Gasteiger partial charge in [0.1, 0.15) is 17.8 Å². The molecule has 0 radical (unpaired) electrons. The fourth-order valence-electron chi connectivity index (χ4n) is 3.60.